The molecule has 3 aliphatic heterocycles. The van der Waals surface area contributed by atoms with Crippen LogP contribution in [0.25, 0.3) is 11.3 Å². The van der Waals surface area contributed by atoms with Gasteiger partial charge in [0.2, 0.25) is 5.95 Å². The van der Waals surface area contributed by atoms with Crippen molar-refractivity contribution in [1.29, 1.82) is 0 Å². The maximum atomic E-state index is 12.5. The number of rotatable bonds is 3. The van der Waals surface area contributed by atoms with E-state index in [4.69, 9.17) is 9.72 Å². The first-order valence-electron chi connectivity index (χ1n) is 14.0. The van der Waals surface area contributed by atoms with E-state index >= 15 is 0 Å². The summed E-state index contributed by atoms with van der Waals surface area (Å²) in [5.74, 6) is 1.99. The van der Waals surface area contributed by atoms with E-state index in [-0.39, 0.29) is 23.8 Å². The summed E-state index contributed by atoms with van der Waals surface area (Å²) in [6, 6.07) is 11.4. The Kier molecular flexibility index (Phi) is 6.81. The Bertz CT molecular complexity index is 1390. The molecule has 0 bridgehead atoms. The summed E-state index contributed by atoms with van der Waals surface area (Å²) in [4.78, 5) is 28.5. The minimum absolute atomic E-state index is 0.189. The second-order valence-electron chi connectivity index (χ2n) is 11.7. The molecule has 0 spiro atoms. The highest BCUT2D eigenvalue weighted by atomic mass is 16.6. The van der Waals surface area contributed by atoms with E-state index in [9.17, 15) is 9.90 Å². The zero-order chi connectivity index (χ0) is 27.9. The number of carbonyl (C=O) groups is 1. The normalized spacial score (nSPS) is 19.5. The largest absolute Gasteiger partial charge is 0.507 e. The van der Waals surface area contributed by atoms with Gasteiger partial charge in [-0.2, -0.15) is 0 Å². The zero-order valence-electron chi connectivity index (χ0n) is 23.2. The van der Waals surface area contributed by atoms with Gasteiger partial charge in [-0.1, -0.05) is 12.1 Å². The molecule has 210 valence electrons. The number of para-hydroxylation sites is 1. The van der Waals surface area contributed by atoms with Gasteiger partial charge in [0.1, 0.15) is 11.4 Å². The van der Waals surface area contributed by atoms with Crippen molar-refractivity contribution in [3.63, 3.8) is 0 Å². The number of fused-ring (bicyclic) bond motifs is 3. The number of anilines is 3. The number of nitrogens with one attached hydrogen (secondary N) is 1. The van der Waals surface area contributed by atoms with Gasteiger partial charge in [0.25, 0.3) is 0 Å². The maximum absolute atomic E-state index is 12.5. The van der Waals surface area contributed by atoms with Crippen molar-refractivity contribution in [2.75, 3.05) is 54.4 Å². The average Bonchev–Trinajstić information content (AvgIpc) is 2.96. The first-order valence-corrected chi connectivity index (χ1v) is 14.0. The molecule has 0 aliphatic carbocycles. The van der Waals surface area contributed by atoms with Gasteiger partial charge in [-0.15, -0.1) is 10.2 Å². The summed E-state index contributed by atoms with van der Waals surface area (Å²) >= 11 is 0. The van der Waals surface area contributed by atoms with Crippen molar-refractivity contribution in [1.82, 2.24) is 25.1 Å². The fourth-order valence-electron chi connectivity index (χ4n) is 5.72. The third-order valence-electron chi connectivity index (χ3n) is 7.76. The molecule has 2 saturated heterocycles. The second kappa shape index (κ2) is 10.4. The molecule has 2 fully saturated rings. The van der Waals surface area contributed by atoms with Crippen LogP contribution >= 0.6 is 0 Å². The number of carbonyl (C=O) groups excluding carboxylic acids is 1. The summed E-state index contributed by atoms with van der Waals surface area (Å²) in [5, 5.41) is 22.5. The molecule has 11 heteroatoms. The van der Waals surface area contributed by atoms with E-state index in [2.05, 4.69) is 30.3 Å². The van der Waals surface area contributed by atoms with Crippen LogP contribution in [0.1, 0.15) is 45.2 Å². The van der Waals surface area contributed by atoms with Crippen LogP contribution < -0.4 is 15.1 Å². The van der Waals surface area contributed by atoms with Crippen LogP contribution in [-0.4, -0.2) is 87.2 Å². The van der Waals surface area contributed by atoms with E-state index < -0.39 is 5.60 Å². The smallest absolute Gasteiger partial charge is 0.410 e. The lowest BCUT2D eigenvalue weighted by atomic mass is 9.93. The lowest BCUT2D eigenvalue weighted by molar-refractivity contribution is 0.0204. The topological polar surface area (TPSA) is 120 Å². The zero-order valence-corrected chi connectivity index (χ0v) is 23.2. The fourth-order valence-corrected chi connectivity index (χ4v) is 5.72. The summed E-state index contributed by atoms with van der Waals surface area (Å²) < 4.78 is 5.54. The third kappa shape index (κ3) is 5.32. The Morgan fingerprint density at radius 3 is 2.65 bits per heavy atom. The highest BCUT2D eigenvalue weighted by molar-refractivity contribution is 5.76. The summed E-state index contributed by atoms with van der Waals surface area (Å²) in [6.45, 7) is 10.1. The number of likely N-dealkylation sites (tertiary alicyclic amines) is 1. The third-order valence-corrected chi connectivity index (χ3v) is 7.76. The monoisotopic (exact) mass is 544 g/mol. The van der Waals surface area contributed by atoms with E-state index in [1.54, 1.807) is 17.0 Å². The number of hydrogen-bond acceptors (Lipinski definition) is 10. The Labute approximate surface area is 234 Å². The number of ether oxygens (including phenoxy) is 1. The number of aromatic nitrogens is 4. The van der Waals surface area contributed by atoms with Crippen LogP contribution in [0.4, 0.5) is 22.2 Å². The highest BCUT2D eigenvalue weighted by Crippen LogP contribution is 2.36. The van der Waals surface area contributed by atoms with Crippen LogP contribution in [0, 0.1) is 0 Å². The predicted molar refractivity (Wildman–Crippen MR) is 153 cm³/mol. The first-order chi connectivity index (χ1) is 19.2. The number of piperidine rings is 1. The van der Waals surface area contributed by atoms with Gasteiger partial charge in [0.05, 0.1) is 17.4 Å². The van der Waals surface area contributed by atoms with Gasteiger partial charge in [-0.25, -0.2) is 14.8 Å². The molecular formula is C29H36N8O3. The van der Waals surface area contributed by atoms with E-state index in [0.717, 1.165) is 62.2 Å². The Morgan fingerprint density at radius 1 is 1.07 bits per heavy atom. The Balaban J connectivity index is 1.12. The fraction of sp³-hybridized carbons (Fsp3) is 0.483. The van der Waals surface area contributed by atoms with Crippen molar-refractivity contribution < 1.29 is 14.6 Å². The quantitative estimate of drug-likeness (QED) is 0.503. The second-order valence-corrected chi connectivity index (χ2v) is 11.7. The Hall–Kier alpha value is -4.15. The van der Waals surface area contributed by atoms with Gasteiger partial charge in [0.15, 0.2) is 5.82 Å². The molecule has 3 aromatic rings. The molecule has 40 heavy (non-hydrogen) atoms. The lowest BCUT2D eigenvalue weighted by Gasteiger charge is -2.45. The predicted octanol–water partition coefficient (Wildman–Crippen LogP) is 3.87. The number of phenolic OH excluding ortho intramolecular Hbond substituents is 1. The molecule has 11 nitrogen and oxygen atoms in total. The van der Waals surface area contributed by atoms with Crippen LogP contribution in [0.15, 0.2) is 42.6 Å². The maximum Gasteiger partial charge on any atom is 0.410 e. The molecule has 1 atom stereocenters. The van der Waals surface area contributed by atoms with E-state index in [1.807, 2.05) is 51.2 Å². The number of piperazine rings is 1. The van der Waals surface area contributed by atoms with E-state index in [1.165, 1.54) is 0 Å². The molecule has 3 aliphatic rings. The van der Waals surface area contributed by atoms with Crippen molar-refractivity contribution in [2.24, 2.45) is 0 Å². The molecule has 1 amide bonds. The molecule has 2 N–H and O–H groups in total. The molecule has 2 aromatic heterocycles. The summed E-state index contributed by atoms with van der Waals surface area (Å²) in [5.41, 5.74) is 2.86. The van der Waals surface area contributed by atoms with Gasteiger partial charge >= 0.3 is 6.09 Å². The molecule has 6 rings (SSSR count). The summed E-state index contributed by atoms with van der Waals surface area (Å²) in [6.07, 6.45) is 3.32. The Morgan fingerprint density at radius 2 is 1.88 bits per heavy atom. The van der Waals surface area contributed by atoms with Crippen LogP contribution in [-0.2, 0) is 4.74 Å². The number of nitrogens with zero attached hydrogens (tertiary/aromatic N) is 7. The number of benzene rings is 1. The lowest BCUT2D eigenvalue weighted by Crippen LogP contribution is -2.58. The molecule has 0 saturated carbocycles. The molecular weight excluding hydrogens is 508 g/mol. The number of aromatic hydroxyl groups is 1. The number of hydrogen-bond donors (Lipinski definition) is 2. The van der Waals surface area contributed by atoms with Gasteiger partial charge in [-0.3, -0.25) is 0 Å². The van der Waals surface area contributed by atoms with Crippen LogP contribution in [0.5, 0.6) is 5.75 Å². The van der Waals surface area contributed by atoms with Gasteiger partial charge in [0, 0.05) is 62.6 Å². The van der Waals surface area contributed by atoms with Crippen molar-refractivity contribution in [2.45, 2.75) is 51.2 Å². The van der Waals surface area contributed by atoms with E-state index in [0.29, 0.717) is 24.3 Å². The average molecular weight is 545 g/mol. The molecule has 0 radical (unpaired) electrons. The SMILES string of the molecule is CC(C)(C)OC(=O)N1CCC(c2ccnc(N3CCN4c5cc(-c6ccccc6O)nnc5NCC4C3)n2)CC1. The number of phenols is 1. The van der Waals surface area contributed by atoms with Crippen LogP contribution in [0.2, 0.25) is 0 Å². The highest BCUT2D eigenvalue weighted by Gasteiger charge is 2.34. The van der Waals surface area contributed by atoms with Crippen LogP contribution in [0.3, 0.4) is 0 Å². The molecule has 1 aromatic carbocycles. The number of amides is 1. The first kappa shape index (κ1) is 26.1. The molecule has 1 unspecified atom stereocenters. The summed E-state index contributed by atoms with van der Waals surface area (Å²) in [7, 11) is 0. The van der Waals surface area contributed by atoms with Crippen molar-refractivity contribution >= 4 is 23.5 Å². The van der Waals surface area contributed by atoms with Crippen molar-refractivity contribution in [3.05, 3.63) is 48.3 Å². The standard InChI is InChI=1S/C29H36N8O3/c1-29(2,3)40-28(39)35-12-9-19(10-13-35)22-8-11-30-27(32-22)36-14-15-37-20(18-36)17-31-26-24(37)16-23(33-34-26)21-6-4-5-7-25(21)38/h4-8,11,16,19-20,38H,9-10,12-15,17-18H2,1-3H3,(H,31,34). The van der Waals surface area contributed by atoms with Gasteiger partial charge < -0.3 is 29.9 Å². The van der Waals surface area contributed by atoms with Crippen molar-refractivity contribution in [3.8, 4) is 17.0 Å². The van der Waals surface area contributed by atoms with Gasteiger partial charge in [-0.05, 0) is 57.9 Å². The minimum Gasteiger partial charge on any atom is -0.507 e. The minimum atomic E-state index is -0.490. The molecule has 5 heterocycles.